The van der Waals surface area contributed by atoms with Gasteiger partial charge in [-0.3, -0.25) is 4.79 Å². The van der Waals surface area contributed by atoms with E-state index in [0.717, 1.165) is 51.9 Å². The summed E-state index contributed by atoms with van der Waals surface area (Å²) >= 11 is 0. The molecule has 0 atom stereocenters. The maximum Gasteiger partial charge on any atom is 0.335 e. The third-order valence-corrected chi connectivity index (χ3v) is 6.18. The van der Waals surface area contributed by atoms with Gasteiger partial charge in [-0.05, 0) is 73.9 Å². The van der Waals surface area contributed by atoms with Crippen molar-refractivity contribution in [2.45, 2.75) is 44.4 Å². The number of benzene rings is 2. The molecule has 2 saturated heterocycles. The minimum absolute atomic E-state index is 0.210. The molecule has 2 heterocycles. The molecule has 2 N–H and O–H groups in total. The molecule has 160 valence electrons. The zero-order valence-electron chi connectivity index (χ0n) is 17.7. The van der Waals surface area contributed by atoms with Crippen molar-refractivity contribution in [1.82, 2.24) is 10.2 Å². The smallest absolute Gasteiger partial charge is 0.335 e. The van der Waals surface area contributed by atoms with E-state index in [0.29, 0.717) is 17.4 Å². The maximum atomic E-state index is 11.2. The highest BCUT2D eigenvalue weighted by Gasteiger charge is 2.21. The molecular weight excluding hydrogens is 376 g/mol. The molecule has 2 aromatic carbocycles. The molecule has 0 aliphatic carbocycles. The minimum atomic E-state index is -0.855. The highest BCUT2D eigenvalue weighted by Crippen LogP contribution is 2.27. The molecule has 0 aromatic heterocycles. The predicted molar refractivity (Wildman–Crippen MR) is 119 cm³/mol. The van der Waals surface area contributed by atoms with Gasteiger partial charge >= 0.3 is 5.97 Å². The van der Waals surface area contributed by atoms with E-state index in [2.05, 4.69) is 29.6 Å². The molecule has 5 heteroatoms. The summed E-state index contributed by atoms with van der Waals surface area (Å²) in [5.41, 5.74) is 3.05. The second kappa shape index (κ2) is 10.9. The van der Waals surface area contributed by atoms with Crippen molar-refractivity contribution in [3.8, 4) is 0 Å². The molecule has 0 spiro atoms. The molecule has 0 saturated carbocycles. The summed E-state index contributed by atoms with van der Waals surface area (Å²) in [4.78, 5) is 23.8. The van der Waals surface area contributed by atoms with Crippen LogP contribution in [0.15, 0.2) is 54.6 Å². The van der Waals surface area contributed by atoms with E-state index in [4.69, 9.17) is 5.11 Å². The molecule has 2 fully saturated rings. The average Bonchev–Trinajstić information content (AvgIpc) is 2.81. The lowest BCUT2D eigenvalue weighted by Crippen LogP contribution is -2.36. The number of piperidine rings is 2. The molecule has 2 aliphatic rings. The van der Waals surface area contributed by atoms with Crippen LogP contribution in [-0.2, 0) is 4.79 Å². The van der Waals surface area contributed by atoms with E-state index in [1.165, 1.54) is 11.1 Å². The average molecular weight is 409 g/mol. The highest BCUT2D eigenvalue weighted by molar-refractivity contribution is 5.87. The first-order chi connectivity index (χ1) is 14.5. The first kappa shape index (κ1) is 22.0. The van der Waals surface area contributed by atoms with Crippen molar-refractivity contribution >= 4 is 11.9 Å². The Hall–Kier alpha value is -2.66. The molecular formula is C25H32N2O3. The third-order valence-electron chi connectivity index (χ3n) is 6.18. The minimum Gasteiger partial charge on any atom is -0.478 e. The Balaban J connectivity index is 0.000000171. The predicted octanol–water partition coefficient (Wildman–Crippen LogP) is 4.26. The molecule has 2 aliphatic heterocycles. The summed E-state index contributed by atoms with van der Waals surface area (Å²) in [5.74, 6) is 0.587. The van der Waals surface area contributed by atoms with Gasteiger partial charge in [-0.2, -0.15) is 0 Å². The summed E-state index contributed by atoms with van der Waals surface area (Å²) in [6, 6.07) is 17.9. The summed E-state index contributed by atoms with van der Waals surface area (Å²) in [6.07, 6.45) is 4.49. The Kier molecular flexibility index (Phi) is 8.03. The topological polar surface area (TPSA) is 69.6 Å². The molecule has 4 rings (SSSR count). The van der Waals surface area contributed by atoms with Crippen LogP contribution in [0.5, 0.6) is 0 Å². The van der Waals surface area contributed by atoms with E-state index in [1.54, 1.807) is 19.1 Å². The number of rotatable bonds is 3. The SMILES string of the molecule is CC(=O)N1CCC(c2ccccc2)CC1.O=C(O)c1ccc(C2CCNCC2)cc1. The second-order valence-electron chi connectivity index (χ2n) is 8.14. The van der Waals surface area contributed by atoms with Gasteiger partial charge in [-0.25, -0.2) is 4.79 Å². The van der Waals surface area contributed by atoms with Gasteiger partial charge in [0.25, 0.3) is 0 Å². The standard InChI is InChI=1S/C13H17NO.C12H15NO2/c1-11(15)14-9-7-13(8-10-14)12-5-3-2-4-6-12;14-12(15)11-3-1-9(2-4-11)10-5-7-13-8-6-10/h2-6,13H,7-10H2,1H3;1-4,10,13H,5-8H2,(H,14,15). The number of carboxylic acids is 1. The van der Waals surface area contributed by atoms with Crippen LogP contribution in [0.3, 0.4) is 0 Å². The van der Waals surface area contributed by atoms with Crippen molar-refractivity contribution in [2.24, 2.45) is 0 Å². The van der Waals surface area contributed by atoms with E-state index >= 15 is 0 Å². The lowest BCUT2D eigenvalue weighted by atomic mass is 9.89. The lowest BCUT2D eigenvalue weighted by molar-refractivity contribution is -0.129. The highest BCUT2D eigenvalue weighted by atomic mass is 16.4. The molecule has 0 bridgehead atoms. The Labute approximate surface area is 179 Å². The number of amides is 1. The van der Waals surface area contributed by atoms with Crippen molar-refractivity contribution in [2.75, 3.05) is 26.2 Å². The zero-order valence-corrected chi connectivity index (χ0v) is 17.7. The van der Waals surface area contributed by atoms with Gasteiger partial charge in [0, 0.05) is 20.0 Å². The van der Waals surface area contributed by atoms with E-state index in [9.17, 15) is 9.59 Å². The van der Waals surface area contributed by atoms with Crippen LogP contribution in [0.25, 0.3) is 0 Å². The molecule has 30 heavy (non-hydrogen) atoms. The number of carbonyl (C=O) groups excluding carboxylic acids is 1. The fourth-order valence-corrected chi connectivity index (χ4v) is 4.31. The molecule has 5 nitrogen and oxygen atoms in total. The van der Waals surface area contributed by atoms with Crippen molar-refractivity contribution in [3.05, 3.63) is 71.3 Å². The first-order valence-corrected chi connectivity index (χ1v) is 10.9. The summed E-state index contributed by atoms with van der Waals surface area (Å²) < 4.78 is 0. The number of carbonyl (C=O) groups is 2. The van der Waals surface area contributed by atoms with Crippen LogP contribution in [0, 0.1) is 0 Å². The van der Waals surface area contributed by atoms with Crippen molar-refractivity contribution in [3.63, 3.8) is 0 Å². The normalized spacial score (nSPS) is 17.7. The van der Waals surface area contributed by atoms with Gasteiger partial charge in [0.1, 0.15) is 0 Å². The number of hydrogen-bond donors (Lipinski definition) is 2. The van der Waals surface area contributed by atoms with E-state index in [1.807, 2.05) is 23.1 Å². The summed E-state index contributed by atoms with van der Waals surface area (Å²) in [6.45, 7) is 5.60. The van der Waals surface area contributed by atoms with E-state index in [-0.39, 0.29) is 5.91 Å². The van der Waals surface area contributed by atoms with Gasteiger partial charge in [-0.15, -0.1) is 0 Å². The molecule has 2 aromatic rings. The van der Waals surface area contributed by atoms with Crippen LogP contribution in [0.2, 0.25) is 0 Å². The number of carboxylic acid groups (broad SMARTS) is 1. The van der Waals surface area contributed by atoms with Crippen LogP contribution in [-0.4, -0.2) is 48.1 Å². The number of nitrogens with one attached hydrogen (secondary N) is 1. The monoisotopic (exact) mass is 408 g/mol. The number of aromatic carboxylic acids is 1. The third kappa shape index (κ3) is 6.17. The summed E-state index contributed by atoms with van der Waals surface area (Å²) in [7, 11) is 0. The van der Waals surface area contributed by atoms with Crippen LogP contribution >= 0.6 is 0 Å². The van der Waals surface area contributed by atoms with Crippen LogP contribution < -0.4 is 5.32 Å². The van der Waals surface area contributed by atoms with Gasteiger partial charge in [0.05, 0.1) is 5.56 Å². The Bertz CT molecular complexity index is 806. The molecule has 0 radical (unpaired) electrons. The number of hydrogen-bond acceptors (Lipinski definition) is 3. The van der Waals surface area contributed by atoms with Gasteiger partial charge in [0.2, 0.25) is 5.91 Å². The fourth-order valence-electron chi connectivity index (χ4n) is 4.31. The van der Waals surface area contributed by atoms with Gasteiger partial charge in [-0.1, -0.05) is 42.5 Å². The summed E-state index contributed by atoms with van der Waals surface area (Å²) in [5, 5.41) is 12.1. The Morgan fingerprint density at radius 3 is 1.90 bits per heavy atom. The lowest BCUT2D eigenvalue weighted by Gasteiger charge is -2.31. The Morgan fingerprint density at radius 1 is 0.833 bits per heavy atom. The van der Waals surface area contributed by atoms with Crippen LogP contribution in [0.1, 0.15) is 65.9 Å². The van der Waals surface area contributed by atoms with Crippen LogP contribution in [0.4, 0.5) is 0 Å². The van der Waals surface area contributed by atoms with Gasteiger partial charge < -0.3 is 15.3 Å². The van der Waals surface area contributed by atoms with Crippen molar-refractivity contribution in [1.29, 1.82) is 0 Å². The van der Waals surface area contributed by atoms with E-state index < -0.39 is 5.97 Å². The molecule has 0 unspecified atom stereocenters. The number of nitrogens with zero attached hydrogens (tertiary/aromatic N) is 1. The zero-order chi connectivity index (χ0) is 21.3. The van der Waals surface area contributed by atoms with Gasteiger partial charge in [0.15, 0.2) is 0 Å². The largest absolute Gasteiger partial charge is 0.478 e. The maximum absolute atomic E-state index is 11.2. The number of likely N-dealkylation sites (tertiary alicyclic amines) is 1. The Morgan fingerprint density at radius 2 is 1.37 bits per heavy atom. The van der Waals surface area contributed by atoms with Crippen molar-refractivity contribution < 1.29 is 14.7 Å². The second-order valence-corrected chi connectivity index (χ2v) is 8.14. The first-order valence-electron chi connectivity index (χ1n) is 10.9. The molecule has 1 amide bonds. The quantitative estimate of drug-likeness (QED) is 0.796. The fraction of sp³-hybridized carbons (Fsp3) is 0.440.